The summed E-state index contributed by atoms with van der Waals surface area (Å²) in [6.07, 6.45) is 6.03. The highest BCUT2D eigenvalue weighted by molar-refractivity contribution is 5.03. The Bertz CT molecular complexity index is 267. The second-order valence-electron chi connectivity index (χ2n) is 4.02. The molecule has 1 spiro atoms. The van der Waals surface area contributed by atoms with Gasteiger partial charge in [-0.2, -0.15) is 15.0 Å². The van der Waals surface area contributed by atoms with Crippen LogP contribution in [0.5, 0.6) is 0 Å². The van der Waals surface area contributed by atoms with Gasteiger partial charge in [0.15, 0.2) is 0 Å². The molecule has 64 valence electrons. The second kappa shape index (κ2) is 2.07. The molecule has 1 saturated heterocycles. The quantitative estimate of drug-likeness (QED) is 0.645. The van der Waals surface area contributed by atoms with Crippen molar-refractivity contribution in [2.24, 2.45) is 5.41 Å². The standard InChI is InChI=1S/C8H12N4/c1-2-11-12(10-1)7-3-8(4-7)5-9-6-8/h1-2,7,9H,3-6H2. The monoisotopic (exact) mass is 164 g/mol. The SMILES string of the molecule is c1cnn(C2CC3(CNC3)C2)n1. The predicted octanol–water partition coefficient (Wildman–Crippen LogP) is 0.203. The summed E-state index contributed by atoms with van der Waals surface area (Å²) < 4.78 is 0. The van der Waals surface area contributed by atoms with Crippen molar-refractivity contribution in [1.82, 2.24) is 20.3 Å². The molecule has 2 heterocycles. The van der Waals surface area contributed by atoms with Crippen LogP contribution in [0, 0.1) is 5.41 Å². The minimum absolute atomic E-state index is 0.571. The van der Waals surface area contributed by atoms with Crippen LogP contribution in [0.1, 0.15) is 18.9 Å². The summed E-state index contributed by atoms with van der Waals surface area (Å²) in [6.45, 7) is 2.40. The zero-order valence-corrected chi connectivity index (χ0v) is 6.90. The van der Waals surface area contributed by atoms with Gasteiger partial charge in [-0.3, -0.25) is 0 Å². The Kier molecular flexibility index (Phi) is 1.14. The van der Waals surface area contributed by atoms with E-state index in [0.29, 0.717) is 11.5 Å². The summed E-state index contributed by atoms with van der Waals surface area (Å²) in [7, 11) is 0. The van der Waals surface area contributed by atoms with Gasteiger partial charge < -0.3 is 5.32 Å². The van der Waals surface area contributed by atoms with E-state index in [4.69, 9.17) is 0 Å². The first-order valence-electron chi connectivity index (χ1n) is 4.45. The Morgan fingerprint density at radius 3 is 2.42 bits per heavy atom. The smallest absolute Gasteiger partial charge is 0.0729 e. The molecule has 0 radical (unpaired) electrons. The van der Waals surface area contributed by atoms with Crippen LogP contribution in [-0.2, 0) is 0 Å². The van der Waals surface area contributed by atoms with E-state index < -0.39 is 0 Å². The van der Waals surface area contributed by atoms with E-state index in [1.165, 1.54) is 25.9 Å². The van der Waals surface area contributed by atoms with Gasteiger partial charge in [0.2, 0.25) is 0 Å². The van der Waals surface area contributed by atoms with Crippen molar-refractivity contribution in [3.05, 3.63) is 12.4 Å². The van der Waals surface area contributed by atoms with Crippen molar-refractivity contribution < 1.29 is 0 Å². The second-order valence-corrected chi connectivity index (χ2v) is 4.02. The average molecular weight is 164 g/mol. The molecule has 0 unspecified atom stereocenters. The molecule has 1 aliphatic carbocycles. The lowest BCUT2D eigenvalue weighted by atomic mass is 9.62. The van der Waals surface area contributed by atoms with Crippen LogP contribution in [0.3, 0.4) is 0 Å². The summed E-state index contributed by atoms with van der Waals surface area (Å²) >= 11 is 0. The largest absolute Gasteiger partial charge is 0.316 e. The number of rotatable bonds is 1. The molecular formula is C8H12N4. The first kappa shape index (κ1) is 6.60. The molecule has 12 heavy (non-hydrogen) atoms. The molecule has 1 N–H and O–H groups in total. The van der Waals surface area contributed by atoms with Gasteiger partial charge in [-0.15, -0.1) is 0 Å². The van der Waals surface area contributed by atoms with E-state index in [9.17, 15) is 0 Å². The molecule has 0 bridgehead atoms. The van der Waals surface area contributed by atoms with Crippen molar-refractivity contribution in [2.45, 2.75) is 18.9 Å². The van der Waals surface area contributed by atoms with Crippen molar-refractivity contribution in [1.29, 1.82) is 0 Å². The lowest BCUT2D eigenvalue weighted by Crippen LogP contribution is -2.60. The van der Waals surface area contributed by atoms with E-state index in [2.05, 4.69) is 15.5 Å². The maximum atomic E-state index is 4.15. The first-order chi connectivity index (χ1) is 5.88. The van der Waals surface area contributed by atoms with Gasteiger partial charge in [0.1, 0.15) is 0 Å². The van der Waals surface area contributed by atoms with Crippen LogP contribution in [-0.4, -0.2) is 28.1 Å². The molecule has 1 saturated carbocycles. The highest BCUT2D eigenvalue weighted by Crippen LogP contribution is 2.50. The van der Waals surface area contributed by atoms with Gasteiger partial charge >= 0.3 is 0 Å². The molecule has 1 aliphatic heterocycles. The maximum Gasteiger partial charge on any atom is 0.0729 e. The average Bonchev–Trinajstić information content (AvgIpc) is 2.32. The molecule has 1 aromatic heterocycles. The molecule has 2 fully saturated rings. The number of nitrogens with one attached hydrogen (secondary N) is 1. The fourth-order valence-electron chi connectivity index (χ4n) is 2.29. The van der Waals surface area contributed by atoms with Gasteiger partial charge in [-0.05, 0) is 18.3 Å². The van der Waals surface area contributed by atoms with Gasteiger partial charge in [0, 0.05) is 13.1 Å². The predicted molar refractivity (Wildman–Crippen MR) is 43.6 cm³/mol. The molecule has 0 atom stereocenters. The summed E-state index contributed by atoms with van der Waals surface area (Å²) in [5.41, 5.74) is 0.623. The fraction of sp³-hybridized carbons (Fsp3) is 0.750. The first-order valence-corrected chi connectivity index (χ1v) is 4.45. The van der Waals surface area contributed by atoms with Crippen molar-refractivity contribution in [2.75, 3.05) is 13.1 Å². The topological polar surface area (TPSA) is 42.7 Å². The highest BCUT2D eigenvalue weighted by atomic mass is 15.5. The molecule has 1 aromatic rings. The number of aromatic nitrogens is 3. The fourth-order valence-corrected chi connectivity index (χ4v) is 2.29. The molecule has 0 aromatic carbocycles. The summed E-state index contributed by atoms with van der Waals surface area (Å²) in [6, 6.07) is 0.571. The van der Waals surface area contributed by atoms with E-state index in [-0.39, 0.29) is 0 Å². The Hall–Kier alpha value is -0.900. The number of hydrogen-bond donors (Lipinski definition) is 1. The third-order valence-electron chi connectivity index (χ3n) is 3.10. The normalized spacial score (nSPS) is 26.7. The minimum atomic E-state index is 0.571. The van der Waals surface area contributed by atoms with Crippen LogP contribution in [0.2, 0.25) is 0 Å². The zero-order chi connectivity index (χ0) is 8.02. The number of nitrogens with zero attached hydrogens (tertiary/aromatic N) is 3. The Balaban J connectivity index is 1.69. The number of hydrogen-bond acceptors (Lipinski definition) is 3. The molecule has 4 heteroatoms. The molecule has 4 nitrogen and oxygen atoms in total. The zero-order valence-electron chi connectivity index (χ0n) is 6.90. The maximum absolute atomic E-state index is 4.15. The highest BCUT2D eigenvalue weighted by Gasteiger charge is 2.49. The van der Waals surface area contributed by atoms with Gasteiger partial charge in [-0.25, -0.2) is 0 Å². The molecule has 3 rings (SSSR count). The Morgan fingerprint density at radius 1 is 1.25 bits per heavy atom. The van der Waals surface area contributed by atoms with Crippen molar-refractivity contribution >= 4 is 0 Å². The van der Waals surface area contributed by atoms with Crippen molar-refractivity contribution in [3.8, 4) is 0 Å². The third kappa shape index (κ3) is 0.756. The van der Waals surface area contributed by atoms with Crippen LogP contribution >= 0.6 is 0 Å². The summed E-state index contributed by atoms with van der Waals surface area (Å²) in [5.74, 6) is 0. The molecular weight excluding hydrogens is 152 g/mol. The molecule has 2 aliphatic rings. The van der Waals surface area contributed by atoms with Crippen LogP contribution in [0.15, 0.2) is 12.4 Å². The van der Waals surface area contributed by atoms with Crippen LogP contribution < -0.4 is 5.32 Å². The summed E-state index contributed by atoms with van der Waals surface area (Å²) in [4.78, 5) is 1.85. The van der Waals surface area contributed by atoms with Gasteiger partial charge in [0.25, 0.3) is 0 Å². The molecule has 0 amide bonds. The van der Waals surface area contributed by atoms with Crippen molar-refractivity contribution in [3.63, 3.8) is 0 Å². The van der Waals surface area contributed by atoms with Gasteiger partial charge in [-0.1, -0.05) is 0 Å². The van der Waals surface area contributed by atoms with Gasteiger partial charge in [0.05, 0.1) is 18.4 Å². The van der Waals surface area contributed by atoms with E-state index in [1.54, 1.807) is 12.4 Å². The van der Waals surface area contributed by atoms with Crippen LogP contribution in [0.4, 0.5) is 0 Å². The minimum Gasteiger partial charge on any atom is -0.316 e. The Labute approximate surface area is 71.0 Å². The lowest BCUT2D eigenvalue weighted by molar-refractivity contribution is -0.00376. The van der Waals surface area contributed by atoms with E-state index in [0.717, 1.165) is 0 Å². The lowest BCUT2D eigenvalue weighted by Gasteiger charge is -2.53. The Morgan fingerprint density at radius 2 is 1.92 bits per heavy atom. The summed E-state index contributed by atoms with van der Waals surface area (Å²) in [5, 5.41) is 11.6. The van der Waals surface area contributed by atoms with E-state index >= 15 is 0 Å². The third-order valence-corrected chi connectivity index (χ3v) is 3.10. The van der Waals surface area contributed by atoms with E-state index in [1.807, 2.05) is 4.80 Å². The van der Waals surface area contributed by atoms with Crippen LogP contribution in [0.25, 0.3) is 0 Å².